The number of halogens is 1. The highest BCUT2D eigenvalue weighted by molar-refractivity contribution is 9.10. The van der Waals surface area contributed by atoms with Crippen LogP contribution in [0.5, 0.6) is 0 Å². The lowest BCUT2D eigenvalue weighted by Crippen LogP contribution is -2.22. The Morgan fingerprint density at radius 1 is 1.30 bits per heavy atom. The molecule has 6 nitrogen and oxygen atoms in total. The number of anilines is 1. The highest BCUT2D eigenvalue weighted by Crippen LogP contribution is 2.26. The zero-order chi connectivity index (χ0) is 13.5. The first kappa shape index (κ1) is 11.9. The molecule has 4 rings (SSSR count). The molecule has 0 spiro atoms. The van der Waals surface area contributed by atoms with Gasteiger partial charge in [0.25, 0.3) is 0 Å². The van der Waals surface area contributed by atoms with Gasteiger partial charge in [-0.25, -0.2) is 9.50 Å². The summed E-state index contributed by atoms with van der Waals surface area (Å²) in [5.74, 6) is 0.990. The van der Waals surface area contributed by atoms with E-state index in [1.54, 1.807) is 6.20 Å². The lowest BCUT2D eigenvalue weighted by atomic mass is 10.3. The molecule has 0 aromatic carbocycles. The number of imidazole rings is 1. The fourth-order valence-corrected chi connectivity index (χ4v) is 2.96. The quantitative estimate of drug-likeness (QED) is 0.721. The minimum absolute atomic E-state index is 0.404. The predicted octanol–water partition coefficient (Wildman–Crippen LogP) is 2.14. The van der Waals surface area contributed by atoms with Crippen LogP contribution < -0.4 is 4.90 Å². The van der Waals surface area contributed by atoms with Crippen molar-refractivity contribution in [2.75, 3.05) is 18.0 Å². The molecule has 1 saturated heterocycles. The van der Waals surface area contributed by atoms with Crippen molar-refractivity contribution in [2.45, 2.75) is 12.5 Å². The maximum Gasteiger partial charge on any atom is 0.153 e. The maximum absolute atomic E-state index is 4.59. The lowest BCUT2D eigenvalue weighted by Gasteiger charge is -2.17. The Labute approximate surface area is 124 Å². The summed E-state index contributed by atoms with van der Waals surface area (Å²) in [6, 6.07) is 4.44. The van der Waals surface area contributed by atoms with Crippen LogP contribution in [-0.2, 0) is 0 Å². The fraction of sp³-hybridized carbons (Fsp3) is 0.308. The molecular formula is C13H13BrN6. The predicted molar refractivity (Wildman–Crippen MR) is 78.8 cm³/mol. The normalized spacial score (nSPS) is 19.1. The molecule has 20 heavy (non-hydrogen) atoms. The average Bonchev–Trinajstić information content (AvgIpc) is 3.17. The molecular weight excluding hydrogens is 320 g/mol. The summed E-state index contributed by atoms with van der Waals surface area (Å²) >= 11 is 3.44. The number of hydrogen-bond donors (Lipinski definition) is 0. The number of hydrogen-bond acceptors (Lipinski definition) is 4. The second kappa shape index (κ2) is 4.59. The lowest BCUT2D eigenvalue weighted by molar-refractivity contribution is 0.494. The van der Waals surface area contributed by atoms with E-state index in [4.69, 9.17) is 0 Å². The van der Waals surface area contributed by atoms with E-state index in [0.717, 1.165) is 35.4 Å². The van der Waals surface area contributed by atoms with E-state index in [-0.39, 0.29) is 0 Å². The van der Waals surface area contributed by atoms with Gasteiger partial charge in [0.05, 0.1) is 16.7 Å². The van der Waals surface area contributed by atoms with Crippen LogP contribution in [0.3, 0.4) is 0 Å². The summed E-state index contributed by atoms with van der Waals surface area (Å²) < 4.78 is 4.86. The number of fused-ring (bicyclic) bond motifs is 1. The van der Waals surface area contributed by atoms with Crippen molar-refractivity contribution in [1.82, 2.24) is 24.4 Å². The zero-order valence-corrected chi connectivity index (χ0v) is 12.3. The van der Waals surface area contributed by atoms with Crippen molar-refractivity contribution in [3.05, 3.63) is 41.4 Å². The van der Waals surface area contributed by atoms with E-state index >= 15 is 0 Å². The Morgan fingerprint density at radius 3 is 3.10 bits per heavy atom. The van der Waals surface area contributed by atoms with Gasteiger partial charge in [0.2, 0.25) is 0 Å². The number of aromatic nitrogens is 5. The SMILES string of the molecule is Brc1cnn(C2CCN(c3ccc4nccn4n3)C2)c1. The van der Waals surface area contributed by atoms with Crippen molar-refractivity contribution in [3.63, 3.8) is 0 Å². The van der Waals surface area contributed by atoms with Crippen LogP contribution in [0.15, 0.2) is 41.4 Å². The Hall–Kier alpha value is -1.89. The minimum atomic E-state index is 0.404. The van der Waals surface area contributed by atoms with Gasteiger partial charge < -0.3 is 4.90 Å². The van der Waals surface area contributed by atoms with Crippen LogP contribution in [0.4, 0.5) is 5.82 Å². The third-order valence-electron chi connectivity index (χ3n) is 3.67. The van der Waals surface area contributed by atoms with Crippen molar-refractivity contribution in [3.8, 4) is 0 Å². The molecule has 0 amide bonds. The van der Waals surface area contributed by atoms with Gasteiger partial charge in [-0.3, -0.25) is 4.68 Å². The molecule has 4 heterocycles. The van der Waals surface area contributed by atoms with Gasteiger partial charge in [-0.2, -0.15) is 5.10 Å². The van der Waals surface area contributed by atoms with E-state index in [2.05, 4.69) is 36.0 Å². The molecule has 1 fully saturated rings. The summed E-state index contributed by atoms with van der Waals surface area (Å²) in [6.07, 6.45) is 8.58. The van der Waals surface area contributed by atoms with Crippen molar-refractivity contribution < 1.29 is 0 Å². The second-order valence-corrected chi connectivity index (χ2v) is 5.86. The largest absolute Gasteiger partial charge is 0.353 e. The van der Waals surface area contributed by atoms with E-state index in [1.165, 1.54) is 0 Å². The van der Waals surface area contributed by atoms with Crippen LogP contribution in [0.25, 0.3) is 5.65 Å². The fourth-order valence-electron chi connectivity index (χ4n) is 2.65. The van der Waals surface area contributed by atoms with E-state index in [9.17, 15) is 0 Å². The van der Waals surface area contributed by atoms with Gasteiger partial charge in [0, 0.05) is 31.7 Å². The van der Waals surface area contributed by atoms with Gasteiger partial charge in [-0.1, -0.05) is 0 Å². The second-order valence-electron chi connectivity index (χ2n) is 4.95. The third-order valence-corrected chi connectivity index (χ3v) is 4.08. The summed E-state index contributed by atoms with van der Waals surface area (Å²) in [5, 5.41) is 8.97. The summed E-state index contributed by atoms with van der Waals surface area (Å²) in [4.78, 5) is 6.51. The number of rotatable bonds is 2. The van der Waals surface area contributed by atoms with Gasteiger partial charge in [-0.05, 0) is 34.5 Å². The Bertz CT molecular complexity index is 748. The smallest absolute Gasteiger partial charge is 0.153 e. The first-order chi connectivity index (χ1) is 9.79. The third kappa shape index (κ3) is 1.98. The van der Waals surface area contributed by atoms with Crippen LogP contribution in [0.2, 0.25) is 0 Å². The molecule has 3 aromatic rings. The molecule has 1 aliphatic heterocycles. The summed E-state index contributed by atoms with van der Waals surface area (Å²) in [7, 11) is 0. The van der Waals surface area contributed by atoms with Crippen molar-refractivity contribution in [2.24, 2.45) is 0 Å². The summed E-state index contributed by atoms with van der Waals surface area (Å²) in [5.41, 5.74) is 0.875. The topological polar surface area (TPSA) is 51.2 Å². The molecule has 0 bridgehead atoms. The van der Waals surface area contributed by atoms with Crippen LogP contribution >= 0.6 is 15.9 Å². The Balaban J connectivity index is 1.58. The van der Waals surface area contributed by atoms with Gasteiger partial charge in [-0.15, -0.1) is 5.10 Å². The first-order valence-electron chi connectivity index (χ1n) is 6.54. The Kier molecular flexibility index (Phi) is 2.73. The van der Waals surface area contributed by atoms with E-state index in [0.29, 0.717) is 6.04 Å². The molecule has 3 aromatic heterocycles. The monoisotopic (exact) mass is 332 g/mol. The highest BCUT2D eigenvalue weighted by atomic mass is 79.9. The van der Waals surface area contributed by atoms with Crippen molar-refractivity contribution >= 4 is 27.4 Å². The van der Waals surface area contributed by atoms with E-state index < -0.39 is 0 Å². The molecule has 7 heteroatoms. The molecule has 1 unspecified atom stereocenters. The molecule has 102 valence electrons. The van der Waals surface area contributed by atoms with E-state index in [1.807, 2.05) is 39.9 Å². The molecule has 0 N–H and O–H groups in total. The first-order valence-corrected chi connectivity index (χ1v) is 7.34. The molecule has 0 saturated carbocycles. The molecule has 1 aliphatic rings. The van der Waals surface area contributed by atoms with Gasteiger partial charge >= 0.3 is 0 Å². The Morgan fingerprint density at radius 2 is 2.25 bits per heavy atom. The van der Waals surface area contributed by atoms with Crippen LogP contribution in [-0.4, -0.2) is 37.5 Å². The molecule has 0 radical (unpaired) electrons. The van der Waals surface area contributed by atoms with Crippen molar-refractivity contribution in [1.29, 1.82) is 0 Å². The van der Waals surface area contributed by atoms with Crippen LogP contribution in [0.1, 0.15) is 12.5 Å². The maximum atomic E-state index is 4.59. The standard InChI is InChI=1S/C13H13BrN6/c14-10-7-16-20(8-10)11-3-5-18(9-11)13-2-1-12-15-4-6-19(12)17-13/h1-2,4,6-8,11H,3,5,9H2. The average molecular weight is 333 g/mol. The highest BCUT2D eigenvalue weighted by Gasteiger charge is 2.25. The minimum Gasteiger partial charge on any atom is -0.353 e. The zero-order valence-electron chi connectivity index (χ0n) is 10.7. The van der Waals surface area contributed by atoms with Gasteiger partial charge in [0.1, 0.15) is 5.82 Å². The van der Waals surface area contributed by atoms with Gasteiger partial charge in [0.15, 0.2) is 5.65 Å². The summed E-state index contributed by atoms with van der Waals surface area (Å²) in [6.45, 7) is 1.93. The number of nitrogens with zero attached hydrogens (tertiary/aromatic N) is 6. The van der Waals surface area contributed by atoms with Crippen LogP contribution in [0, 0.1) is 0 Å². The molecule has 0 aliphatic carbocycles. The molecule has 1 atom stereocenters.